The Morgan fingerprint density at radius 3 is 2.79 bits per heavy atom. The Labute approximate surface area is 88.7 Å². The van der Waals surface area contributed by atoms with Crippen LogP contribution in [-0.2, 0) is 6.42 Å². The van der Waals surface area contributed by atoms with Crippen LogP contribution in [0.15, 0.2) is 10.7 Å². The molecule has 14 heavy (non-hydrogen) atoms. The van der Waals surface area contributed by atoms with Crippen LogP contribution < -0.4 is 0 Å². The fraction of sp³-hybridized carbons (Fsp3) is 0.333. The Kier molecular flexibility index (Phi) is 3.53. The topological polar surface area (TPSA) is 36.7 Å². The third-order valence-corrected chi connectivity index (χ3v) is 2.80. The summed E-state index contributed by atoms with van der Waals surface area (Å²) in [6, 6.07) is 1.83. The summed E-state index contributed by atoms with van der Waals surface area (Å²) < 4.78 is 25.5. The van der Waals surface area contributed by atoms with Crippen LogP contribution in [0.3, 0.4) is 0 Å². The summed E-state index contributed by atoms with van der Waals surface area (Å²) in [5, 5.41) is 8.45. The second-order valence-electron chi connectivity index (χ2n) is 2.73. The molecule has 5 heteroatoms. The molecule has 1 heterocycles. The molecule has 0 aliphatic rings. The fourth-order valence-electron chi connectivity index (χ4n) is 1.10. The lowest BCUT2D eigenvalue weighted by molar-refractivity contribution is 0.149. The molecule has 1 aromatic heterocycles. The third-order valence-electron chi connectivity index (χ3n) is 1.80. The maximum Gasteiger partial charge on any atom is 0.265 e. The van der Waals surface area contributed by atoms with Crippen LogP contribution in [0, 0.1) is 18.3 Å². The average Bonchev–Trinajstić information content (AvgIpc) is 2.11. The molecule has 1 rings (SSSR count). The number of pyridine rings is 1. The van der Waals surface area contributed by atoms with Crippen molar-refractivity contribution < 1.29 is 8.78 Å². The molecule has 0 aliphatic heterocycles. The Morgan fingerprint density at radius 2 is 2.29 bits per heavy atom. The van der Waals surface area contributed by atoms with E-state index in [0.717, 1.165) is 0 Å². The van der Waals surface area contributed by atoms with E-state index in [9.17, 15) is 8.78 Å². The van der Waals surface area contributed by atoms with Crippen molar-refractivity contribution in [2.24, 2.45) is 0 Å². The first kappa shape index (κ1) is 11.1. The highest BCUT2D eigenvalue weighted by atomic mass is 79.9. The summed E-state index contributed by atoms with van der Waals surface area (Å²) in [5.41, 5.74) is 0.654. The quantitative estimate of drug-likeness (QED) is 0.819. The van der Waals surface area contributed by atoms with Crippen molar-refractivity contribution >= 4 is 15.9 Å². The van der Waals surface area contributed by atoms with E-state index in [-0.39, 0.29) is 17.5 Å². The summed E-state index contributed by atoms with van der Waals surface area (Å²) in [7, 11) is 0. The summed E-state index contributed by atoms with van der Waals surface area (Å²) in [6.45, 7) is 1.63. The van der Waals surface area contributed by atoms with Crippen molar-refractivity contribution in [2.75, 3.05) is 0 Å². The Hall–Kier alpha value is -1.02. The standard InChI is InChI=1S/C9H7BrF2N2/c1-5-8(10)7(9(11)12)6(2-3-13)4-14-5/h4,9H,2H2,1H3. The van der Waals surface area contributed by atoms with Crippen LogP contribution in [-0.4, -0.2) is 4.98 Å². The van der Waals surface area contributed by atoms with Gasteiger partial charge in [0.2, 0.25) is 0 Å². The van der Waals surface area contributed by atoms with E-state index in [1.54, 1.807) is 6.92 Å². The van der Waals surface area contributed by atoms with Crippen LogP contribution in [0.1, 0.15) is 23.2 Å². The minimum Gasteiger partial charge on any atom is -0.260 e. The first-order chi connectivity index (χ1) is 6.57. The zero-order valence-corrected chi connectivity index (χ0v) is 8.98. The highest BCUT2D eigenvalue weighted by molar-refractivity contribution is 9.10. The lowest BCUT2D eigenvalue weighted by atomic mass is 10.1. The van der Waals surface area contributed by atoms with Gasteiger partial charge in [-0.05, 0) is 28.4 Å². The molecular weight excluding hydrogens is 254 g/mol. The van der Waals surface area contributed by atoms with E-state index < -0.39 is 6.43 Å². The van der Waals surface area contributed by atoms with Gasteiger partial charge in [-0.15, -0.1) is 0 Å². The maximum atomic E-state index is 12.6. The number of rotatable bonds is 2. The number of nitrogens with zero attached hydrogens (tertiary/aromatic N) is 2. The molecule has 0 spiro atoms. The van der Waals surface area contributed by atoms with E-state index in [0.29, 0.717) is 10.2 Å². The minimum atomic E-state index is -2.59. The van der Waals surface area contributed by atoms with Crippen molar-refractivity contribution in [3.63, 3.8) is 0 Å². The summed E-state index contributed by atoms with van der Waals surface area (Å²) in [5.74, 6) is 0. The molecule has 0 N–H and O–H groups in total. The van der Waals surface area contributed by atoms with Gasteiger partial charge in [0.1, 0.15) is 0 Å². The van der Waals surface area contributed by atoms with Crippen LogP contribution in [0.5, 0.6) is 0 Å². The molecule has 0 radical (unpaired) electrons. The lowest BCUT2D eigenvalue weighted by Crippen LogP contribution is -1.99. The van der Waals surface area contributed by atoms with Crippen molar-refractivity contribution in [3.8, 4) is 6.07 Å². The molecule has 2 nitrogen and oxygen atoms in total. The van der Waals surface area contributed by atoms with Crippen LogP contribution in [0.4, 0.5) is 8.78 Å². The van der Waals surface area contributed by atoms with Crippen LogP contribution in [0.25, 0.3) is 0 Å². The normalized spacial score (nSPS) is 10.3. The van der Waals surface area contributed by atoms with E-state index in [1.165, 1.54) is 6.20 Å². The van der Waals surface area contributed by atoms with Gasteiger partial charge in [0.15, 0.2) is 0 Å². The van der Waals surface area contributed by atoms with Gasteiger partial charge in [0, 0.05) is 16.2 Å². The summed E-state index contributed by atoms with van der Waals surface area (Å²) in [4.78, 5) is 3.91. The number of nitriles is 1. The van der Waals surface area contributed by atoms with Gasteiger partial charge in [-0.3, -0.25) is 4.98 Å². The molecular formula is C9H7BrF2N2. The molecule has 0 amide bonds. The number of hydrogen-bond acceptors (Lipinski definition) is 2. The zero-order chi connectivity index (χ0) is 10.7. The molecule has 0 aliphatic carbocycles. The third kappa shape index (κ3) is 2.07. The number of hydrogen-bond donors (Lipinski definition) is 0. The van der Waals surface area contributed by atoms with Crippen LogP contribution in [0.2, 0.25) is 0 Å². The molecule has 0 unspecified atom stereocenters. The first-order valence-corrected chi connectivity index (χ1v) is 4.66. The number of halogens is 3. The van der Waals surface area contributed by atoms with E-state index in [1.807, 2.05) is 6.07 Å². The van der Waals surface area contributed by atoms with Crippen molar-refractivity contribution in [2.45, 2.75) is 19.8 Å². The molecule has 74 valence electrons. The molecule has 0 saturated carbocycles. The fourth-order valence-corrected chi connectivity index (χ4v) is 1.63. The van der Waals surface area contributed by atoms with Crippen LogP contribution >= 0.6 is 15.9 Å². The van der Waals surface area contributed by atoms with Gasteiger partial charge in [0.25, 0.3) is 6.43 Å². The van der Waals surface area contributed by atoms with E-state index in [2.05, 4.69) is 20.9 Å². The average molecular weight is 261 g/mol. The molecule has 0 saturated heterocycles. The van der Waals surface area contributed by atoms with Crippen molar-refractivity contribution in [1.29, 1.82) is 5.26 Å². The van der Waals surface area contributed by atoms with Gasteiger partial charge in [-0.2, -0.15) is 5.26 Å². The molecule has 0 bridgehead atoms. The second-order valence-corrected chi connectivity index (χ2v) is 3.53. The first-order valence-electron chi connectivity index (χ1n) is 3.87. The van der Waals surface area contributed by atoms with Gasteiger partial charge in [-0.1, -0.05) is 0 Å². The van der Waals surface area contributed by atoms with E-state index in [4.69, 9.17) is 5.26 Å². The predicted molar refractivity (Wildman–Crippen MR) is 50.9 cm³/mol. The zero-order valence-electron chi connectivity index (χ0n) is 7.39. The van der Waals surface area contributed by atoms with Crippen molar-refractivity contribution in [3.05, 3.63) is 27.5 Å². The SMILES string of the molecule is Cc1ncc(CC#N)c(C(F)F)c1Br. The Morgan fingerprint density at radius 1 is 1.64 bits per heavy atom. The molecule has 0 aromatic carbocycles. The van der Waals surface area contributed by atoms with Gasteiger partial charge >= 0.3 is 0 Å². The van der Waals surface area contributed by atoms with Gasteiger partial charge < -0.3 is 0 Å². The highest BCUT2D eigenvalue weighted by Crippen LogP contribution is 2.31. The number of aryl methyl sites for hydroxylation is 1. The molecule has 1 aromatic rings. The smallest absolute Gasteiger partial charge is 0.260 e. The van der Waals surface area contributed by atoms with Gasteiger partial charge in [0.05, 0.1) is 18.2 Å². The summed E-state index contributed by atoms with van der Waals surface area (Å²) in [6.07, 6.45) is -1.31. The Bertz CT molecular complexity index is 385. The largest absolute Gasteiger partial charge is 0.265 e. The molecule has 0 fully saturated rings. The highest BCUT2D eigenvalue weighted by Gasteiger charge is 2.18. The Balaban J connectivity index is 3.31. The lowest BCUT2D eigenvalue weighted by Gasteiger charge is -2.09. The van der Waals surface area contributed by atoms with Crippen molar-refractivity contribution in [1.82, 2.24) is 4.98 Å². The summed E-state index contributed by atoms with van der Waals surface area (Å²) >= 11 is 3.05. The second kappa shape index (κ2) is 4.47. The molecule has 0 atom stereocenters. The number of aromatic nitrogens is 1. The monoisotopic (exact) mass is 260 g/mol. The number of alkyl halides is 2. The minimum absolute atomic E-state index is 0.0500. The maximum absolute atomic E-state index is 12.6. The van der Waals surface area contributed by atoms with E-state index >= 15 is 0 Å². The predicted octanol–water partition coefficient (Wildman–Crippen LogP) is 3.16. The van der Waals surface area contributed by atoms with Gasteiger partial charge in [-0.25, -0.2) is 8.78 Å².